The van der Waals surface area contributed by atoms with E-state index >= 15 is 0 Å². The van der Waals surface area contributed by atoms with Gasteiger partial charge in [0.25, 0.3) is 0 Å². The van der Waals surface area contributed by atoms with Crippen LogP contribution in [0.5, 0.6) is 0 Å². The predicted molar refractivity (Wildman–Crippen MR) is 137 cm³/mol. The van der Waals surface area contributed by atoms with Crippen LogP contribution in [0.2, 0.25) is 0 Å². The maximum absolute atomic E-state index is 12.2. The molecule has 6 heteroatoms. The van der Waals surface area contributed by atoms with Crippen molar-refractivity contribution in [3.63, 3.8) is 0 Å². The van der Waals surface area contributed by atoms with E-state index in [9.17, 15) is 9.59 Å². The molecule has 0 heterocycles. The van der Waals surface area contributed by atoms with Gasteiger partial charge in [0.2, 0.25) is 5.91 Å². The van der Waals surface area contributed by atoms with Crippen LogP contribution in [0.4, 0.5) is 0 Å². The lowest BCUT2D eigenvalue weighted by atomic mass is 9.96. The first-order chi connectivity index (χ1) is 15.4. The van der Waals surface area contributed by atoms with Crippen molar-refractivity contribution in [1.82, 2.24) is 10.6 Å². The summed E-state index contributed by atoms with van der Waals surface area (Å²) in [6.45, 7) is 10.1. The van der Waals surface area contributed by atoms with Crippen LogP contribution in [0.25, 0.3) is 0 Å². The molecule has 1 unspecified atom stereocenters. The van der Waals surface area contributed by atoms with Crippen molar-refractivity contribution in [2.75, 3.05) is 26.2 Å². The zero-order chi connectivity index (χ0) is 24.0. The van der Waals surface area contributed by atoms with Crippen molar-refractivity contribution < 1.29 is 9.59 Å². The average molecular weight is 455 g/mol. The van der Waals surface area contributed by atoms with Gasteiger partial charge >= 0.3 is 0 Å². The van der Waals surface area contributed by atoms with E-state index in [1.807, 2.05) is 0 Å². The third-order valence-corrected chi connectivity index (χ3v) is 5.92. The smallest absolute Gasteiger partial charge is 0.220 e. The lowest BCUT2D eigenvalue weighted by Gasteiger charge is -2.14. The first-order valence-corrected chi connectivity index (χ1v) is 13.3. The van der Waals surface area contributed by atoms with E-state index in [-0.39, 0.29) is 17.7 Å². The van der Waals surface area contributed by atoms with Gasteiger partial charge in [-0.3, -0.25) is 9.59 Å². The maximum atomic E-state index is 12.2. The van der Waals surface area contributed by atoms with Crippen molar-refractivity contribution in [2.45, 2.75) is 117 Å². The second-order valence-corrected chi connectivity index (χ2v) is 9.97. The number of rotatable bonds is 23. The normalized spacial score (nSPS) is 13.3. The van der Waals surface area contributed by atoms with E-state index < -0.39 is 0 Å². The van der Waals surface area contributed by atoms with Crippen molar-refractivity contribution >= 4 is 11.7 Å². The fourth-order valence-corrected chi connectivity index (χ4v) is 4.13. The Morgan fingerprint density at radius 3 is 2.03 bits per heavy atom. The van der Waals surface area contributed by atoms with Gasteiger partial charge in [-0.05, 0) is 76.4 Å². The number of amides is 1. The molecule has 0 saturated carbocycles. The van der Waals surface area contributed by atoms with Crippen LogP contribution >= 0.6 is 0 Å². The Morgan fingerprint density at radius 2 is 1.38 bits per heavy atom. The van der Waals surface area contributed by atoms with Crippen molar-refractivity contribution in [3.8, 4) is 0 Å². The molecule has 190 valence electrons. The van der Waals surface area contributed by atoms with E-state index in [1.54, 1.807) is 0 Å². The molecule has 0 aliphatic rings. The van der Waals surface area contributed by atoms with E-state index in [1.165, 1.54) is 32.1 Å². The van der Waals surface area contributed by atoms with Crippen LogP contribution in [0, 0.1) is 11.8 Å². The van der Waals surface area contributed by atoms with E-state index in [2.05, 4.69) is 31.4 Å². The molecule has 1 amide bonds. The van der Waals surface area contributed by atoms with E-state index in [0.717, 1.165) is 64.6 Å². The zero-order valence-electron chi connectivity index (χ0n) is 21.4. The van der Waals surface area contributed by atoms with Crippen LogP contribution in [-0.2, 0) is 9.59 Å². The van der Waals surface area contributed by atoms with Crippen molar-refractivity contribution in [1.29, 1.82) is 0 Å². The molecular formula is C26H54N4O2. The largest absolute Gasteiger partial charge is 0.356 e. The summed E-state index contributed by atoms with van der Waals surface area (Å²) in [5.74, 6) is 1.38. The Morgan fingerprint density at radius 1 is 0.781 bits per heavy atom. The standard InChI is InChI=1S/C26H54N4O2/c1-22(2)20-23(3)21-26(32)30-19-12-10-14-24(28)25(31)15-9-7-5-4-6-8-11-17-29-18-13-16-27/h22-24,29H,4-21,27-28H2,1-3H3,(H,30,32)/t23?,24-/m1/s1. The van der Waals surface area contributed by atoms with Crippen LogP contribution in [-0.4, -0.2) is 43.9 Å². The van der Waals surface area contributed by atoms with Crippen LogP contribution in [0.15, 0.2) is 0 Å². The van der Waals surface area contributed by atoms with Crippen LogP contribution in [0.1, 0.15) is 111 Å². The zero-order valence-corrected chi connectivity index (χ0v) is 21.4. The lowest BCUT2D eigenvalue weighted by molar-refractivity contribution is -0.122. The first kappa shape index (κ1) is 31.0. The van der Waals surface area contributed by atoms with Gasteiger partial charge in [0.1, 0.15) is 5.78 Å². The number of carbonyl (C=O) groups excluding carboxylic acids is 2. The topological polar surface area (TPSA) is 110 Å². The Hall–Kier alpha value is -0.980. The molecule has 0 saturated heterocycles. The SMILES string of the molecule is CC(C)CC(C)CC(=O)NCCCC[C@@H](N)C(=O)CCCCCCCCCNCCCN. The monoisotopic (exact) mass is 454 g/mol. The molecule has 0 radical (unpaired) electrons. The Bertz CT molecular complexity index is 457. The molecule has 32 heavy (non-hydrogen) atoms. The summed E-state index contributed by atoms with van der Waals surface area (Å²) >= 11 is 0. The molecule has 0 aliphatic heterocycles. The molecule has 6 nitrogen and oxygen atoms in total. The summed E-state index contributed by atoms with van der Waals surface area (Å²) in [5, 5.41) is 6.41. The summed E-state index contributed by atoms with van der Waals surface area (Å²) in [5.41, 5.74) is 11.5. The molecule has 2 atom stereocenters. The maximum Gasteiger partial charge on any atom is 0.220 e. The molecule has 0 rings (SSSR count). The number of ketones is 1. The highest BCUT2D eigenvalue weighted by Crippen LogP contribution is 2.14. The molecule has 0 fully saturated rings. The number of nitrogens with two attached hydrogens (primary N) is 2. The molecule has 0 aromatic rings. The number of carbonyl (C=O) groups is 2. The van der Waals surface area contributed by atoms with Crippen molar-refractivity contribution in [2.24, 2.45) is 23.3 Å². The summed E-state index contributed by atoms with van der Waals surface area (Å²) in [4.78, 5) is 24.1. The highest BCUT2D eigenvalue weighted by atomic mass is 16.1. The molecule has 6 N–H and O–H groups in total. The van der Waals surface area contributed by atoms with Gasteiger partial charge in [-0.25, -0.2) is 0 Å². The minimum Gasteiger partial charge on any atom is -0.356 e. The van der Waals surface area contributed by atoms with Crippen LogP contribution < -0.4 is 22.1 Å². The lowest BCUT2D eigenvalue weighted by Crippen LogP contribution is -2.31. The Balaban J connectivity index is 3.50. The molecular weight excluding hydrogens is 400 g/mol. The first-order valence-electron chi connectivity index (χ1n) is 13.3. The minimum atomic E-state index is -0.344. The molecule has 0 spiro atoms. The van der Waals surface area contributed by atoms with Gasteiger partial charge in [0, 0.05) is 19.4 Å². The summed E-state index contributed by atoms with van der Waals surface area (Å²) in [6, 6.07) is -0.344. The average Bonchev–Trinajstić information content (AvgIpc) is 2.73. The number of hydrogen-bond donors (Lipinski definition) is 4. The minimum absolute atomic E-state index is 0.137. The molecule has 0 bridgehead atoms. The Kier molecular flexibility index (Phi) is 21.2. The summed E-state index contributed by atoms with van der Waals surface area (Å²) in [6.07, 6.45) is 14.2. The Labute approximate surface area is 198 Å². The van der Waals surface area contributed by atoms with Gasteiger partial charge in [-0.1, -0.05) is 52.9 Å². The van der Waals surface area contributed by atoms with Gasteiger partial charge < -0.3 is 22.1 Å². The molecule has 0 aliphatic carbocycles. The number of unbranched alkanes of at least 4 members (excludes halogenated alkanes) is 7. The summed E-state index contributed by atoms with van der Waals surface area (Å²) in [7, 11) is 0. The second-order valence-electron chi connectivity index (χ2n) is 9.97. The number of nitrogens with one attached hydrogen (secondary N) is 2. The van der Waals surface area contributed by atoms with Gasteiger partial charge in [0.05, 0.1) is 6.04 Å². The third-order valence-electron chi connectivity index (χ3n) is 5.92. The van der Waals surface area contributed by atoms with Gasteiger partial charge in [0.15, 0.2) is 0 Å². The predicted octanol–water partition coefficient (Wildman–Crippen LogP) is 4.30. The highest BCUT2D eigenvalue weighted by molar-refractivity contribution is 5.83. The highest BCUT2D eigenvalue weighted by Gasteiger charge is 2.13. The molecule has 0 aromatic heterocycles. The van der Waals surface area contributed by atoms with E-state index in [0.29, 0.717) is 31.2 Å². The van der Waals surface area contributed by atoms with Gasteiger partial charge in [-0.2, -0.15) is 0 Å². The van der Waals surface area contributed by atoms with Gasteiger partial charge in [-0.15, -0.1) is 0 Å². The van der Waals surface area contributed by atoms with E-state index in [4.69, 9.17) is 11.5 Å². The quantitative estimate of drug-likeness (QED) is 0.172. The third kappa shape index (κ3) is 20.9. The summed E-state index contributed by atoms with van der Waals surface area (Å²) < 4.78 is 0. The fourth-order valence-electron chi connectivity index (χ4n) is 4.13. The number of hydrogen-bond acceptors (Lipinski definition) is 5. The fraction of sp³-hybridized carbons (Fsp3) is 0.923. The molecule has 0 aromatic carbocycles. The second kappa shape index (κ2) is 21.8. The number of Topliss-reactive ketones (excluding diaryl/α,β-unsaturated/α-hetero) is 1. The van der Waals surface area contributed by atoms with Crippen molar-refractivity contribution in [3.05, 3.63) is 0 Å². The van der Waals surface area contributed by atoms with Crippen LogP contribution in [0.3, 0.4) is 0 Å².